The molecule has 2 nitrogen and oxygen atoms in total. The molecule has 1 aromatic rings. The lowest BCUT2D eigenvalue weighted by Crippen LogP contribution is -2.43. The quantitative estimate of drug-likeness (QED) is 0.912. The molecule has 0 bridgehead atoms. The van der Waals surface area contributed by atoms with E-state index in [2.05, 4.69) is 35.3 Å². The van der Waals surface area contributed by atoms with Gasteiger partial charge in [-0.15, -0.1) is 0 Å². The van der Waals surface area contributed by atoms with E-state index in [4.69, 9.17) is 11.6 Å². The van der Waals surface area contributed by atoms with E-state index in [9.17, 15) is 0 Å². The van der Waals surface area contributed by atoms with Crippen LogP contribution in [0.25, 0.3) is 0 Å². The number of aryl methyl sites for hydroxylation is 1. The van der Waals surface area contributed by atoms with Crippen LogP contribution >= 0.6 is 11.6 Å². The number of halogens is 1. The zero-order valence-corrected chi connectivity index (χ0v) is 12.4. The fourth-order valence-corrected chi connectivity index (χ4v) is 3.72. The molecule has 3 rings (SSSR count). The molecule has 0 aliphatic carbocycles. The predicted octanol–water partition coefficient (Wildman–Crippen LogP) is 3.36. The first kappa shape index (κ1) is 13.4. The van der Waals surface area contributed by atoms with Crippen molar-refractivity contribution in [2.45, 2.75) is 51.2 Å². The van der Waals surface area contributed by atoms with Crippen molar-refractivity contribution in [1.29, 1.82) is 0 Å². The van der Waals surface area contributed by atoms with Crippen LogP contribution in [-0.4, -0.2) is 30.1 Å². The van der Waals surface area contributed by atoms with Gasteiger partial charge in [-0.3, -0.25) is 4.90 Å². The molecule has 0 aromatic heterocycles. The van der Waals surface area contributed by atoms with E-state index >= 15 is 0 Å². The second-order valence-corrected chi connectivity index (χ2v) is 6.37. The maximum atomic E-state index is 6.23. The van der Waals surface area contributed by atoms with Gasteiger partial charge in [-0.1, -0.05) is 23.7 Å². The Kier molecular flexibility index (Phi) is 4.11. The van der Waals surface area contributed by atoms with Crippen LogP contribution in [-0.2, 0) is 6.54 Å². The van der Waals surface area contributed by atoms with Gasteiger partial charge in [-0.05, 0) is 62.9 Å². The lowest BCUT2D eigenvalue weighted by Gasteiger charge is -2.29. The molecular formula is C16H23ClN2. The highest BCUT2D eigenvalue weighted by molar-refractivity contribution is 6.31. The van der Waals surface area contributed by atoms with Gasteiger partial charge in [0.2, 0.25) is 0 Å². The Bertz CT molecular complexity index is 440. The number of benzene rings is 1. The van der Waals surface area contributed by atoms with Gasteiger partial charge in [0.1, 0.15) is 0 Å². The van der Waals surface area contributed by atoms with Gasteiger partial charge in [-0.2, -0.15) is 0 Å². The summed E-state index contributed by atoms with van der Waals surface area (Å²) in [6.07, 6.45) is 5.36. The topological polar surface area (TPSA) is 15.3 Å². The number of hydrogen-bond acceptors (Lipinski definition) is 2. The van der Waals surface area contributed by atoms with Crippen molar-refractivity contribution in [1.82, 2.24) is 10.2 Å². The van der Waals surface area contributed by atoms with E-state index in [1.807, 2.05) is 0 Å². The van der Waals surface area contributed by atoms with Crippen LogP contribution in [0.4, 0.5) is 0 Å². The molecular weight excluding hydrogens is 256 g/mol. The molecule has 2 fully saturated rings. The second-order valence-electron chi connectivity index (χ2n) is 5.97. The Morgan fingerprint density at radius 3 is 2.95 bits per heavy atom. The third-order valence-corrected chi connectivity index (χ3v) is 5.01. The summed E-state index contributed by atoms with van der Waals surface area (Å²) in [5.74, 6) is 0. The molecule has 2 aliphatic rings. The summed E-state index contributed by atoms with van der Waals surface area (Å²) in [5.41, 5.74) is 2.52. The number of rotatable bonds is 3. The van der Waals surface area contributed by atoms with Crippen molar-refractivity contribution in [3.05, 3.63) is 34.3 Å². The minimum Gasteiger partial charge on any atom is -0.312 e. The Hall–Kier alpha value is -0.570. The average Bonchev–Trinajstić information content (AvgIpc) is 3.04. The third-order valence-electron chi connectivity index (χ3n) is 4.60. The Morgan fingerprint density at radius 2 is 2.21 bits per heavy atom. The van der Waals surface area contributed by atoms with Crippen LogP contribution in [0, 0.1) is 6.92 Å². The Morgan fingerprint density at radius 1 is 1.32 bits per heavy atom. The normalized spacial score (nSPS) is 28.1. The summed E-state index contributed by atoms with van der Waals surface area (Å²) >= 11 is 6.23. The summed E-state index contributed by atoms with van der Waals surface area (Å²) in [5, 5.41) is 4.56. The van der Waals surface area contributed by atoms with Crippen LogP contribution in [0.2, 0.25) is 5.02 Å². The summed E-state index contributed by atoms with van der Waals surface area (Å²) in [6, 6.07) is 7.93. The zero-order valence-electron chi connectivity index (χ0n) is 11.7. The second kappa shape index (κ2) is 5.82. The summed E-state index contributed by atoms with van der Waals surface area (Å²) in [7, 11) is 0. The molecule has 2 aliphatic heterocycles. The molecule has 0 spiro atoms. The first-order valence-electron chi connectivity index (χ1n) is 7.46. The van der Waals surface area contributed by atoms with E-state index in [-0.39, 0.29) is 0 Å². The minimum absolute atomic E-state index is 0.712. The molecule has 19 heavy (non-hydrogen) atoms. The van der Waals surface area contributed by atoms with Crippen molar-refractivity contribution in [3.8, 4) is 0 Å². The molecule has 0 radical (unpaired) electrons. The maximum Gasteiger partial charge on any atom is 0.0438 e. The Balaban J connectivity index is 1.69. The molecule has 3 heteroatoms. The fraction of sp³-hybridized carbons (Fsp3) is 0.625. The van der Waals surface area contributed by atoms with Crippen LogP contribution in [0.5, 0.6) is 0 Å². The molecule has 104 valence electrons. The standard InChI is InChI=1S/C16H23ClN2/c1-12-6-7-13(10-14(12)17)11-19-9-3-5-16(19)15-4-2-8-18-15/h6-7,10,15-16,18H,2-5,8-9,11H2,1H3. The van der Waals surface area contributed by atoms with Gasteiger partial charge in [-0.25, -0.2) is 0 Å². The Labute approximate surface area is 121 Å². The van der Waals surface area contributed by atoms with Gasteiger partial charge < -0.3 is 5.32 Å². The molecule has 0 amide bonds. The number of nitrogens with zero attached hydrogens (tertiary/aromatic N) is 1. The smallest absolute Gasteiger partial charge is 0.0438 e. The van der Waals surface area contributed by atoms with Gasteiger partial charge in [0.15, 0.2) is 0 Å². The van der Waals surface area contributed by atoms with Crippen LogP contribution in [0.3, 0.4) is 0 Å². The first-order chi connectivity index (χ1) is 9.24. The molecule has 0 saturated carbocycles. The SMILES string of the molecule is Cc1ccc(CN2CCCC2C2CCCN2)cc1Cl. The van der Waals surface area contributed by atoms with Crippen molar-refractivity contribution in [2.24, 2.45) is 0 Å². The highest BCUT2D eigenvalue weighted by Crippen LogP contribution is 2.27. The number of likely N-dealkylation sites (tertiary alicyclic amines) is 1. The van der Waals surface area contributed by atoms with Crippen molar-refractivity contribution in [3.63, 3.8) is 0 Å². The predicted molar refractivity (Wildman–Crippen MR) is 80.6 cm³/mol. The van der Waals surface area contributed by atoms with Gasteiger partial charge >= 0.3 is 0 Å². The lowest BCUT2D eigenvalue weighted by molar-refractivity contribution is 0.206. The molecule has 1 aromatic carbocycles. The molecule has 2 heterocycles. The van der Waals surface area contributed by atoms with E-state index < -0.39 is 0 Å². The lowest BCUT2D eigenvalue weighted by atomic mass is 10.0. The zero-order chi connectivity index (χ0) is 13.2. The van der Waals surface area contributed by atoms with Gasteiger partial charge in [0.25, 0.3) is 0 Å². The molecule has 2 atom stereocenters. The van der Waals surface area contributed by atoms with Crippen LogP contribution < -0.4 is 5.32 Å². The largest absolute Gasteiger partial charge is 0.312 e. The summed E-state index contributed by atoms with van der Waals surface area (Å²) in [4.78, 5) is 2.64. The molecule has 2 saturated heterocycles. The number of hydrogen-bond donors (Lipinski definition) is 1. The maximum absolute atomic E-state index is 6.23. The van der Waals surface area contributed by atoms with E-state index in [0.717, 1.165) is 17.6 Å². The monoisotopic (exact) mass is 278 g/mol. The van der Waals surface area contributed by atoms with Gasteiger partial charge in [0, 0.05) is 23.7 Å². The van der Waals surface area contributed by atoms with Crippen LogP contribution in [0.15, 0.2) is 18.2 Å². The molecule has 1 N–H and O–H groups in total. The van der Waals surface area contributed by atoms with Crippen molar-refractivity contribution >= 4 is 11.6 Å². The average molecular weight is 279 g/mol. The molecule has 2 unspecified atom stereocenters. The first-order valence-corrected chi connectivity index (χ1v) is 7.84. The summed E-state index contributed by atoms with van der Waals surface area (Å²) in [6.45, 7) is 5.54. The van der Waals surface area contributed by atoms with Crippen LogP contribution in [0.1, 0.15) is 36.8 Å². The summed E-state index contributed by atoms with van der Waals surface area (Å²) < 4.78 is 0. The fourth-order valence-electron chi connectivity index (χ4n) is 3.51. The minimum atomic E-state index is 0.712. The number of nitrogens with one attached hydrogen (secondary N) is 1. The van der Waals surface area contributed by atoms with Crippen molar-refractivity contribution in [2.75, 3.05) is 13.1 Å². The van der Waals surface area contributed by atoms with E-state index in [1.54, 1.807) is 0 Å². The van der Waals surface area contributed by atoms with Crippen molar-refractivity contribution < 1.29 is 0 Å². The van der Waals surface area contributed by atoms with E-state index in [1.165, 1.54) is 49.9 Å². The van der Waals surface area contributed by atoms with Gasteiger partial charge in [0.05, 0.1) is 0 Å². The van der Waals surface area contributed by atoms with E-state index in [0.29, 0.717) is 6.04 Å². The third kappa shape index (κ3) is 2.96. The highest BCUT2D eigenvalue weighted by Gasteiger charge is 2.32. The highest BCUT2D eigenvalue weighted by atomic mass is 35.5.